The van der Waals surface area contributed by atoms with Gasteiger partial charge in [-0.05, 0) is 43.9 Å². The van der Waals surface area contributed by atoms with E-state index in [9.17, 15) is 15.0 Å². The van der Waals surface area contributed by atoms with E-state index < -0.39 is 6.09 Å². The number of aliphatic hydroxyl groups excluding tert-OH is 1. The molecule has 1 heterocycles. The highest BCUT2D eigenvalue weighted by molar-refractivity contribution is 5.65. The summed E-state index contributed by atoms with van der Waals surface area (Å²) in [6.07, 6.45) is 2.60. The lowest BCUT2D eigenvalue weighted by Crippen LogP contribution is -2.51. The molecule has 0 aromatic rings. The third-order valence-electron chi connectivity index (χ3n) is 3.95. The van der Waals surface area contributed by atoms with Crippen LogP contribution in [0.5, 0.6) is 0 Å². The number of likely N-dealkylation sites (tertiary alicyclic amines) is 1. The Morgan fingerprint density at radius 1 is 1.44 bits per heavy atom. The molecule has 0 saturated carbocycles. The summed E-state index contributed by atoms with van der Waals surface area (Å²) in [5, 5.41) is 18.6. The van der Waals surface area contributed by atoms with E-state index in [0.29, 0.717) is 12.5 Å². The quantitative estimate of drug-likeness (QED) is 0.817. The standard InChI is InChI=1S/C14H27NO3/c1-10(16)5-6-11-7-8-15(13(17)18)12(9-11)14(2,3)4/h10-12,16H,5-9H2,1-4H3,(H,17,18)/t10-,11?,12?/m1/s1. The van der Waals surface area contributed by atoms with E-state index in [1.807, 2.05) is 6.92 Å². The van der Waals surface area contributed by atoms with E-state index >= 15 is 0 Å². The number of piperidine rings is 1. The summed E-state index contributed by atoms with van der Waals surface area (Å²) < 4.78 is 0. The first-order chi connectivity index (χ1) is 8.21. The summed E-state index contributed by atoms with van der Waals surface area (Å²) >= 11 is 0. The van der Waals surface area contributed by atoms with Gasteiger partial charge in [-0.2, -0.15) is 0 Å². The van der Waals surface area contributed by atoms with Crippen LogP contribution in [0.1, 0.15) is 53.4 Å². The van der Waals surface area contributed by atoms with Crippen LogP contribution in [0.2, 0.25) is 0 Å². The molecule has 106 valence electrons. The van der Waals surface area contributed by atoms with Crippen LogP contribution in [0.3, 0.4) is 0 Å². The van der Waals surface area contributed by atoms with Crippen molar-refractivity contribution < 1.29 is 15.0 Å². The van der Waals surface area contributed by atoms with Gasteiger partial charge in [0, 0.05) is 12.6 Å². The molecule has 0 aromatic carbocycles. The summed E-state index contributed by atoms with van der Waals surface area (Å²) in [6, 6.07) is 0.0859. The molecule has 0 radical (unpaired) electrons. The van der Waals surface area contributed by atoms with Gasteiger partial charge >= 0.3 is 6.09 Å². The average Bonchev–Trinajstić information content (AvgIpc) is 2.24. The highest BCUT2D eigenvalue weighted by atomic mass is 16.4. The molecule has 2 unspecified atom stereocenters. The maximum atomic E-state index is 11.3. The van der Waals surface area contributed by atoms with Crippen molar-refractivity contribution in [2.45, 2.75) is 65.5 Å². The van der Waals surface area contributed by atoms with E-state index in [0.717, 1.165) is 25.7 Å². The average molecular weight is 257 g/mol. The lowest BCUT2D eigenvalue weighted by Gasteiger charge is -2.44. The Labute approximate surface area is 110 Å². The van der Waals surface area contributed by atoms with Crippen LogP contribution in [0, 0.1) is 11.3 Å². The molecule has 1 saturated heterocycles. The summed E-state index contributed by atoms with van der Waals surface area (Å²) in [4.78, 5) is 12.9. The lowest BCUT2D eigenvalue weighted by molar-refractivity contribution is 0.0359. The minimum Gasteiger partial charge on any atom is -0.465 e. The molecule has 0 bridgehead atoms. The van der Waals surface area contributed by atoms with Crippen LogP contribution in [0.4, 0.5) is 4.79 Å². The number of nitrogens with zero attached hydrogens (tertiary/aromatic N) is 1. The van der Waals surface area contributed by atoms with Crippen LogP contribution in [-0.4, -0.2) is 39.9 Å². The molecule has 1 aliphatic rings. The Kier molecular flexibility index (Phi) is 5.02. The van der Waals surface area contributed by atoms with E-state index in [1.165, 1.54) is 0 Å². The molecule has 2 N–H and O–H groups in total. The van der Waals surface area contributed by atoms with Crippen LogP contribution in [0.25, 0.3) is 0 Å². The fraction of sp³-hybridized carbons (Fsp3) is 0.929. The number of carbonyl (C=O) groups is 1. The van der Waals surface area contributed by atoms with E-state index in [1.54, 1.807) is 4.90 Å². The van der Waals surface area contributed by atoms with Crippen LogP contribution >= 0.6 is 0 Å². The third kappa shape index (κ3) is 4.16. The molecule has 1 aliphatic heterocycles. The van der Waals surface area contributed by atoms with Gasteiger partial charge in [0.1, 0.15) is 0 Å². The highest BCUT2D eigenvalue weighted by Crippen LogP contribution is 2.36. The molecule has 1 fully saturated rings. The van der Waals surface area contributed by atoms with Crippen molar-refractivity contribution in [3.8, 4) is 0 Å². The topological polar surface area (TPSA) is 60.8 Å². The van der Waals surface area contributed by atoms with Crippen molar-refractivity contribution in [3.63, 3.8) is 0 Å². The summed E-state index contributed by atoms with van der Waals surface area (Å²) in [7, 11) is 0. The van der Waals surface area contributed by atoms with Crippen molar-refractivity contribution in [3.05, 3.63) is 0 Å². The Morgan fingerprint density at radius 3 is 2.50 bits per heavy atom. The second-order valence-corrected chi connectivity index (χ2v) is 6.67. The first kappa shape index (κ1) is 15.3. The molecule has 4 heteroatoms. The lowest BCUT2D eigenvalue weighted by atomic mass is 9.76. The smallest absolute Gasteiger partial charge is 0.407 e. The fourth-order valence-corrected chi connectivity index (χ4v) is 2.83. The molecule has 0 aromatic heterocycles. The molecule has 4 nitrogen and oxygen atoms in total. The zero-order chi connectivity index (χ0) is 13.9. The zero-order valence-corrected chi connectivity index (χ0v) is 12.0. The number of hydrogen-bond acceptors (Lipinski definition) is 2. The Morgan fingerprint density at radius 2 is 2.06 bits per heavy atom. The Hall–Kier alpha value is -0.770. The van der Waals surface area contributed by atoms with Gasteiger partial charge in [0.15, 0.2) is 0 Å². The van der Waals surface area contributed by atoms with Crippen molar-refractivity contribution in [2.75, 3.05) is 6.54 Å². The number of hydrogen-bond donors (Lipinski definition) is 2. The fourth-order valence-electron chi connectivity index (χ4n) is 2.83. The molecular weight excluding hydrogens is 230 g/mol. The molecule has 1 amide bonds. The molecular formula is C14H27NO3. The second kappa shape index (κ2) is 5.91. The molecule has 0 aliphatic carbocycles. The van der Waals surface area contributed by atoms with Gasteiger partial charge in [0.2, 0.25) is 0 Å². The van der Waals surface area contributed by atoms with E-state index in [2.05, 4.69) is 20.8 Å². The monoisotopic (exact) mass is 257 g/mol. The zero-order valence-electron chi connectivity index (χ0n) is 12.0. The second-order valence-electron chi connectivity index (χ2n) is 6.67. The molecule has 0 spiro atoms. The van der Waals surface area contributed by atoms with Gasteiger partial charge in [0.05, 0.1) is 6.10 Å². The van der Waals surface area contributed by atoms with Crippen LogP contribution < -0.4 is 0 Å². The molecule has 18 heavy (non-hydrogen) atoms. The van der Waals surface area contributed by atoms with E-state index in [-0.39, 0.29) is 17.6 Å². The predicted octanol–water partition coefficient (Wildman–Crippen LogP) is 2.95. The summed E-state index contributed by atoms with van der Waals surface area (Å²) in [5.41, 5.74) is -0.0259. The summed E-state index contributed by atoms with van der Waals surface area (Å²) in [5.74, 6) is 0.541. The minimum absolute atomic E-state index is 0.0259. The van der Waals surface area contributed by atoms with Gasteiger partial charge in [0.25, 0.3) is 0 Å². The minimum atomic E-state index is -0.802. The number of aliphatic hydroxyl groups is 1. The Balaban J connectivity index is 2.65. The number of rotatable bonds is 3. The van der Waals surface area contributed by atoms with Crippen molar-refractivity contribution >= 4 is 6.09 Å². The first-order valence-corrected chi connectivity index (χ1v) is 6.89. The number of amides is 1. The Bertz CT molecular complexity index is 283. The van der Waals surface area contributed by atoms with Crippen molar-refractivity contribution in [1.29, 1.82) is 0 Å². The van der Waals surface area contributed by atoms with Crippen molar-refractivity contribution in [2.24, 2.45) is 11.3 Å². The highest BCUT2D eigenvalue weighted by Gasteiger charge is 2.38. The van der Waals surface area contributed by atoms with Crippen LogP contribution in [0.15, 0.2) is 0 Å². The third-order valence-corrected chi connectivity index (χ3v) is 3.95. The van der Waals surface area contributed by atoms with Gasteiger partial charge < -0.3 is 15.1 Å². The summed E-state index contributed by atoms with van der Waals surface area (Å²) in [6.45, 7) is 8.75. The normalized spacial score (nSPS) is 27.1. The SMILES string of the molecule is C[C@@H](O)CCC1CCN(C(=O)O)C(C(C)(C)C)C1. The molecule has 3 atom stereocenters. The predicted molar refractivity (Wildman–Crippen MR) is 71.6 cm³/mol. The van der Waals surface area contributed by atoms with Gasteiger partial charge in [-0.25, -0.2) is 4.79 Å². The maximum Gasteiger partial charge on any atom is 0.407 e. The van der Waals surface area contributed by atoms with Crippen molar-refractivity contribution in [1.82, 2.24) is 4.90 Å². The largest absolute Gasteiger partial charge is 0.465 e. The molecule has 1 rings (SSSR count). The van der Waals surface area contributed by atoms with E-state index in [4.69, 9.17) is 0 Å². The van der Waals surface area contributed by atoms with Gasteiger partial charge in [-0.15, -0.1) is 0 Å². The maximum absolute atomic E-state index is 11.3. The van der Waals surface area contributed by atoms with Crippen LogP contribution in [-0.2, 0) is 0 Å². The van der Waals surface area contributed by atoms with Gasteiger partial charge in [-0.3, -0.25) is 0 Å². The first-order valence-electron chi connectivity index (χ1n) is 6.89. The number of carboxylic acid groups (broad SMARTS) is 1. The van der Waals surface area contributed by atoms with Gasteiger partial charge in [-0.1, -0.05) is 20.8 Å².